The Hall–Kier alpha value is 0.668. The summed E-state index contributed by atoms with van der Waals surface area (Å²) in [7, 11) is -4.24. The molecule has 15 heavy (non-hydrogen) atoms. The molecule has 0 spiro atoms. The second-order valence-corrected chi connectivity index (χ2v) is 27.3. The monoisotopic (exact) mass is 275 g/mol. The Morgan fingerprint density at radius 1 is 0.667 bits per heavy atom. The van der Waals surface area contributed by atoms with Crippen molar-refractivity contribution in [1.29, 1.82) is 0 Å². The van der Waals surface area contributed by atoms with Crippen LogP contribution < -0.4 is 0 Å². The van der Waals surface area contributed by atoms with Crippen LogP contribution in [0.2, 0.25) is 62.8 Å². The fraction of sp³-hybridized carbons (Fsp3) is 1.00. The third-order valence-corrected chi connectivity index (χ3v) is 31.8. The van der Waals surface area contributed by atoms with Gasteiger partial charge in [0.25, 0.3) is 0 Å². The molecular weight excluding hydrogens is 248 g/mol. The minimum Gasteiger partial charge on any atom is -0.385 e. The van der Waals surface area contributed by atoms with Crippen LogP contribution in [0.5, 0.6) is 0 Å². The first-order valence-electron chi connectivity index (χ1n) is 5.70. The molecule has 0 aromatic carbocycles. The van der Waals surface area contributed by atoms with E-state index in [-0.39, 0.29) is 13.3 Å². The third-order valence-electron chi connectivity index (χ3n) is 3.53. The van der Waals surface area contributed by atoms with E-state index in [9.17, 15) is 4.46 Å². The standard InChI is InChI=1S/C10H27OSi4/c1-13(2,3)10(12-11,14(4,5)6)15(7,8)9/h1-9H3. The van der Waals surface area contributed by atoms with E-state index in [2.05, 4.69) is 58.9 Å². The Morgan fingerprint density at radius 2 is 0.867 bits per heavy atom. The first-order valence-corrected chi connectivity index (χ1v) is 17.1. The number of hydrogen-bond acceptors (Lipinski definition) is 1. The van der Waals surface area contributed by atoms with E-state index < -0.39 is 24.2 Å². The lowest BCUT2D eigenvalue weighted by molar-refractivity contribution is 0.574. The molecule has 5 heteroatoms. The smallest absolute Gasteiger partial charge is 0.323 e. The quantitative estimate of drug-likeness (QED) is 0.713. The average Bonchev–Trinajstić information content (AvgIpc) is 1.76. The lowest BCUT2D eigenvalue weighted by atomic mass is 11.6. The fourth-order valence-corrected chi connectivity index (χ4v) is 34.5. The highest BCUT2D eigenvalue weighted by Crippen LogP contribution is 2.51. The molecule has 0 fully saturated rings. The van der Waals surface area contributed by atoms with Crippen LogP contribution in [0, 0.1) is 0 Å². The van der Waals surface area contributed by atoms with E-state index in [1.807, 2.05) is 0 Å². The largest absolute Gasteiger partial charge is 0.385 e. The third kappa shape index (κ3) is 2.50. The Kier molecular flexibility index (Phi) is 4.34. The van der Waals surface area contributed by atoms with Crippen LogP contribution in [0.25, 0.3) is 0 Å². The predicted octanol–water partition coefficient (Wildman–Crippen LogP) is 3.83. The molecule has 0 unspecified atom stereocenters. The Morgan fingerprint density at radius 3 is 0.867 bits per heavy atom. The molecule has 0 aliphatic carbocycles. The zero-order valence-electron chi connectivity index (χ0n) is 11.9. The molecule has 0 aromatic heterocycles. The number of hydrogen-bond donors (Lipinski definition) is 0. The molecule has 0 bridgehead atoms. The van der Waals surface area contributed by atoms with Crippen molar-refractivity contribution in [3.8, 4) is 0 Å². The van der Waals surface area contributed by atoms with Gasteiger partial charge in [0, 0.05) is 28.1 Å². The summed E-state index contributed by atoms with van der Waals surface area (Å²) in [5.41, 5.74) is 0. The molecule has 0 aliphatic rings. The van der Waals surface area contributed by atoms with Crippen molar-refractivity contribution in [3.63, 3.8) is 0 Å². The summed E-state index contributed by atoms with van der Waals surface area (Å²) in [4.78, 5) is 0. The Balaban J connectivity index is 5.89. The number of rotatable bonds is 4. The molecule has 0 rings (SSSR count). The van der Waals surface area contributed by atoms with Crippen LogP contribution in [-0.4, -0.2) is 33.6 Å². The highest BCUT2D eigenvalue weighted by molar-refractivity contribution is 7.22. The minimum absolute atomic E-state index is 0.0914. The van der Waals surface area contributed by atoms with Gasteiger partial charge in [-0.3, -0.25) is 0 Å². The molecule has 0 N–H and O–H groups in total. The van der Waals surface area contributed by atoms with Crippen LogP contribution in [0.1, 0.15) is 0 Å². The minimum atomic E-state index is -1.38. The van der Waals surface area contributed by atoms with E-state index in [1.54, 1.807) is 0 Å². The van der Waals surface area contributed by atoms with Crippen molar-refractivity contribution in [2.45, 2.75) is 62.8 Å². The van der Waals surface area contributed by atoms with Crippen LogP contribution in [0.4, 0.5) is 0 Å². The molecule has 0 aliphatic heterocycles. The molecule has 0 saturated heterocycles. The van der Waals surface area contributed by atoms with E-state index in [0.29, 0.717) is 0 Å². The molecule has 1 nitrogen and oxygen atoms in total. The van der Waals surface area contributed by atoms with E-state index >= 15 is 0 Å². The molecule has 0 amide bonds. The topological polar surface area (TPSA) is 17.1 Å². The normalized spacial score (nSPS) is 15.3. The lowest BCUT2D eigenvalue weighted by Gasteiger charge is -2.54. The van der Waals surface area contributed by atoms with Gasteiger partial charge in [-0.1, -0.05) is 58.9 Å². The molecule has 0 aromatic rings. The summed E-state index contributed by atoms with van der Waals surface area (Å²) in [6.45, 7) is 21.7. The summed E-state index contributed by atoms with van der Waals surface area (Å²) in [5, 5.41) is 0. The fourth-order valence-electron chi connectivity index (χ4n) is 3.83. The predicted molar refractivity (Wildman–Crippen MR) is 79.2 cm³/mol. The van der Waals surface area contributed by atoms with Crippen molar-refractivity contribution in [2.75, 3.05) is 0 Å². The van der Waals surface area contributed by atoms with Gasteiger partial charge in [0.1, 0.15) is 0 Å². The van der Waals surface area contributed by atoms with Crippen molar-refractivity contribution >= 4 is 33.6 Å². The highest BCUT2D eigenvalue weighted by atomic mass is 28.5. The van der Waals surface area contributed by atoms with Gasteiger partial charge in [0.2, 0.25) is 0 Å². The molecule has 0 saturated carbocycles. The molecule has 1 radical (unpaired) electrons. The maximum atomic E-state index is 12.0. The maximum Gasteiger partial charge on any atom is 0.323 e. The molecule has 0 heterocycles. The van der Waals surface area contributed by atoms with Gasteiger partial charge >= 0.3 is 9.41 Å². The second-order valence-electron chi connectivity index (χ2n) is 7.60. The summed E-state index contributed by atoms with van der Waals surface area (Å²) < 4.78 is 12.3. The maximum absolute atomic E-state index is 12.0. The summed E-state index contributed by atoms with van der Waals surface area (Å²) in [6.07, 6.45) is 0. The van der Waals surface area contributed by atoms with Crippen LogP contribution in [0.3, 0.4) is 0 Å². The molecule has 0 atom stereocenters. The van der Waals surface area contributed by atoms with Crippen molar-refractivity contribution in [3.05, 3.63) is 0 Å². The van der Waals surface area contributed by atoms with Crippen molar-refractivity contribution < 1.29 is 4.46 Å². The van der Waals surface area contributed by atoms with Gasteiger partial charge in [0.05, 0.1) is 0 Å². The van der Waals surface area contributed by atoms with E-state index in [4.69, 9.17) is 0 Å². The van der Waals surface area contributed by atoms with E-state index in [0.717, 1.165) is 0 Å². The first-order chi connectivity index (χ1) is 6.31. The lowest BCUT2D eigenvalue weighted by Crippen LogP contribution is -2.67. The Labute approximate surface area is 101 Å². The van der Waals surface area contributed by atoms with Crippen LogP contribution >= 0.6 is 0 Å². The Bertz CT molecular complexity index is 206. The van der Waals surface area contributed by atoms with Gasteiger partial charge in [-0.25, -0.2) is 0 Å². The van der Waals surface area contributed by atoms with Crippen LogP contribution in [0.15, 0.2) is 0 Å². The van der Waals surface area contributed by atoms with Crippen molar-refractivity contribution in [2.24, 2.45) is 0 Å². The summed E-state index contributed by atoms with van der Waals surface area (Å²) >= 11 is 0. The zero-order chi connectivity index (χ0) is 12.7. The highest BCUT2D eigenvalue weighted by Gasteiger charge is 2.60. The second kappa shape index (κ2) is 4.16. The molecular formula is C10H27OSi4. The first kappa shape index (κ1) is 15.7. The van der Waals surface area contributed by atoms with Gasteiger partial charge in [0.15, 0.2) is 0 Å². The zero-order valence-corrected chi connectivity index (χ0v) is 15.9. The summed E-state index contributed by atoms with van der Waals surface area (Å²) in [6, 6.07) is 0. The van der Waals surface area contributed by atoms with Gasteiger partial charge in [-0.15, -0.1) is 0 Å². The average molecular weight is 276 g/mol. The van der Waals surface area contributed by atoms with Crippen LogP contribution in [-0.2, 0) is 4.46 Å². The summed E-state index contributed by atoms with van der Waals surface area (Å²) in [5.74, 6) is 0. The van der Waals surface area contributed by atoms with Gasteiger partial charge < -0.3 is 4.46 Å². The van der Waals surface area contributed by atoms with Crippen molar-refractivity contribution in [1.82, 2.24) is 0 Å². The van der Waals surface area contributed by atoms with E-state index in [1.165, 1.54) is 0 Å². The SMILES string of the molecule is C[Si](C)(C)C([Si]=O)([Si](C)(C)C)[Si](C)(C)C. The van der Waals surface area contributed by atoms with Gasteiger partial charge in [-0.2, -0.15) is 0 Å². The molecule has 89 valence electrons. The van der Waals surface area contributed by atoms with Gasteiger partial charge in [-0.05, 0) is 0 Å².